The van der Waals surface area contributed by atoms with Crippen LogP contribution in [0.3, 0.4) is 0 Å². The van der Waals surface area contributed by atoms with Crippen LogP contribution in [0.5, 0.6) is 0 Å². The number of anilines is 2. The van der Waals surface area contributed by atoms with Crippen LogP contribution in [-0.4, -0.2) is 47.6 Å². The monoisotopic (exact) mass is 463 g/mol. The second-order valence-corrected chi connectivity index (χ2v) is 9.80. The number of aryl methyl sites for hydroxylation is 1. The van der Waals surface area contributed by atoms with Crippen LogP contribution in [0.15, 0.2) is 57.8 Å². The van der Waals surface area contributed by atoms with E-state index in [1.807, 2.05) is 75.2 Å². The smallest absolute Gasteiger partial charge is 0.410 e. The van der Waals surface area contributed by atoms with E-state index in [-0.39, 0.29) is 6.09 Å². The molecule has 2 N–H and O–H groups in total. The van der Waals surface area contributed by atoms with Gasteiger partial charge >= 0.3 is 6.09 Å². The fourth-order valence-corrected chi connectivity index (χ4v) is 4.11. The summed E-state index contributed by atoms with van der Waals surface area (Å²) in [4.78, 5) is 23.3. The van der Waals surface area contributed by atoms with Crippen molar-refractivity contribution in [2.75, 3.05) is 30.3 Å². The summed E-state index contributed by atoms with van der Waals surface area (Å²) in [6, 6.07) is 11.8. The number of amides is 1. The van der Waals surface area contributed by atoms with Gasteiger partial charge in [0.2, 0.25) is 0 Å². The Kier molecular flexibility index (Phi) is 6.81. The minimum atomic E-state index is -0.996. The van der Waals surface area contributed by atoms with Gasteiger partial charge in [0.15, 0.2) is 0 Å². The Morgan fingerprint density at radius 3 is 2.76 bits per heavy atom. The van der Waals surface area contributed by atoms with Crippen LogP contribution in [0.1, 0.15) is 44.9 Å². The summed E-state index contributed by atoms with van der Waals surface area (Å²) in [7, 11) is 0. The van der Waals surface area contributed by atoms with Crippen molar-refractivity contribution in [3.63, 3.8) is 0 Å². The number of aliphatic imine (C=N–C) groups is 1. The van der Waals surface area contributed by atoms with E-state index >= 15 is 0 Å². The zero-order valence-electron chi connectivity index (χ0n) is 20.3. The number of piperidine rings is 1. The molecule has 2 aromatic rings. The molecular weight excluding hydrogens is 430 g/mol. The maximum Gasteiger partial charge on any atom is 0.410 e. The lowest BCUT2D eigenvalue weighted by atomic mass is 9.98. The van der Waals surface area contributed by atoms with Crippen LogP contribution < -0.4 is 10.6 Å². The molecule has 2 aliphatic heterocycles. The SMILES string of the molecule is Cc1ncc(NC[C@@H]2CCCN(C(=O)OC(C)(C)C)C2)cc1NC1(c2ccccc2)N=CN=N1. The average molecular weight is 464 g/mol. The molecule has 0 spiro atoms. The normalized spacial score (nSPS) is 22.0. The fourth-order valence-electron chi connectivity index (χ4n) is 4.11. The molecule has 2 aliphatic rings. The summed E-state index contributed by atoms with van der Waals surface area (Å²) in [6.45, 7) is 9.78. The molecule has 2 atom stereocenters. The minimum Gasteiger partial charge on any atom is -0.444 e. The second kappa shape index (κ2) is 9.79. The summed E-state index contributed by atoms with van der Waals surface area (Å²) in [6.07, 6.45) is 5.07. The Hall–Kier alpha value is -3.49. The number of nitrogens with one attached hydrogen (secondary N) is 2. The highest BCUT2D eigenvalue weighted by Gasteiger charge is 2.34. The molecule has 180 valence electrons. The third kappa shape index (κ3) is 5.70. The van der Waals surface area contributed by atoms with Gasteiger partial charge in [-0.2, -0.15) is 0 Å². The standard InChI is InChI=1S/C25H33N7O2/c1-18-22(30-25(28-17-29-31-25)20-10-6-5-7-11-20)13-21(15-26-18)27-14-19-9-8-12-32(16-19)23(33)34-24(2,3)4/h5-7,10-11,13,15,17,19,27,30H,8-9,12,14,16H2,1-4H3/t19-,25?/m0/s1. The highest BCUT2D eigenvalue weighted by molar-refractivity contribution is 5.68. The first-order valence-electron chi connectivity index (χ1n) is 11.7. The summed E-state index contributed by atoms with van der Waals surface area (Å²) in [5.74, 6) is -0.660. The van der Waals surface area contributed by atoms with Crippen molar-refractivity contribution < 1.29 is 9.53 Å². The second-order valence-electron chi connectivity index (χ2n) is 9.80. The summed E-state index contributed by atoms with van der Waals surface area (Å²) in [5.41, 5.74) is 2.97. The summed E-state index contributed by atoms with van der Waals surface area (Å²) in [5, 5.41) is 15.3. The third-order valence-electron chi connectivity index (χ3n) is 5.84. The zero-order valence-corrected chi connectivity index (χ0v) is 20.3. The van der Waals surface area contributed by atoms with E-state index < -0.39 is 11.4 Å². The minimum absolute atomic E-state index is 0.238. The molecule has 0 bridgehead atoms. The van der Waals surface area contributed by atoms with E-state index in [9.17, 15) is 4.79 Å². The van der Waals surface area contributed by atoms with Crippen molar-refractivity contribution in [2.45, 2.75) is 51.9 Å². The predicted molar refractivity (Wildman–Crippen MR) is 133 cm³/mol. The number of azo groups is 1. The van der Waals surface area contributed by atoms with Gasteiger partial charge in [0.05, 0.1) is 23.3 Å². The average Bonchev–Trinajstić information content (AvgIpc) is 3.29. The van der Waals surface area contributed by atoms with Crippen molar-refractivity contribution in [3.05, 3.63) is 53.9 Å². The quantitative estimate of drug-likeness (QED) is 0.615. The molecule has 9 heteroatoms. The van der Waals surface area contributed by atoms with Crippen molar-refractivity contribution in [1.82, 2.24) is 9.88 Å². The largest absolute Gasteiger partial charge is 0.444 e. The van der Waals surface area contributed by atoms with Gasteiger partial charge in [0, 0.05) is 25.2 Å². The zero-order chi connectivity index (χ0) is 24.2. The molecule has 1 saturated heterocycles. The summed E-state index contributed by atoms with van der Waals surface area (Å²) >= 11 is 0. The number of aromatic nitrogens is 1. The van der Waals surface area contributed by atoms with Crippen molar-refractivity contribution >= 4 is 23.8 Å². The molecule has 0 aliphatic carbocycles. The number of carbonyl (C=O) groups excluding carboxylic acids is 1. The Balaban J connectivity index is 1.41. The van der Waals surface area contributed by atoms with Crippen LogP contribution in [0.4, 0.5) is 16.2 Å². The van der Waals surface area contributed by atoms with Crippen LogP contribution >= 0.6 is 0 Å². The van der Waals surface area contributed by atoms with Crippen molar-refractivity contribution in [2.24, 2.45) is 21.1 Å². The number of carbonyl (C=O) groups is 1. The number of nitrogens with zero attached hydrogens (tertiary/aromatic N) is 5. The van der Waals surface area contributed by atoms with E-state index in [0.717, 1.165) is 48.6 Å². The number of ether oxygens (including phenoxy) is 1. The van der Waals surface area contributed by atoms with Gasteiger partial charge in [-0.1, -0.05) is 30.3 Å². The predicted octanol–water partition coefficient (Wildman–Crippen LogP) is 5.17. The Bertz CT molecular complexity index is 1050. The summed E-state index contributed by atoms with van der Waals surface area (Å²) < 4.78 is 5.55. The molecule has 0 saturated carbocycles. The molecule has 0 radical (unpaired) electrons. The molecule has 1 amide bonds. The number of likely N-dealkylation sites (tertiary alicyclic amines) is 1. The number of hydrogen-bond donors (Lipinski definition) is 2. The lowest BCUT2D eigenvalue weighted by Gasteiger charge is -2.34. The van der Waals surface area contributed by atoms with Crippen molar-refractivity contribution in [3.8, 4) is 0 Å². The lowest BCUT2D eigenvalue weighted by Crippen LogP contribution is -2.44. The maximum atomic E-state index is 12.5. The van der Waals surface area contributed by atoms with Gasteiger partial charge in [-0.25, -0.2) is 9.79 Å². The van der Waals surface area contributed by atoms with Crippen molar-refractivity contribution in [1.29, 1.82) is 0 Å². The molecule has 1 fully saturated rings. The van der Waals surface area contributed by atoms with Crippen LogP contribution in [0.25, 0.3) is 0 Å². The number of rotatable bonds is 6. The third-order valence-corrected chi connectivity index (χ3v) is 5.84. The first-order valence-corrected chi connectivity index (χ1v) is 11.7. The molecule has 4 rings (SSSR count). The molecular formula is C25H33N7O2. The van der Waals surface area contributed by atoms with Gasteiger partial charge in [-0.3, -0.25) is 4.98 Å². The number of pyridine rings is 1. The lowest BCUT2D eigenvalue weighted by molar-refractivity contribution is 0.0172. The molecule has 3 heterocycles. The number of hydrogen-bond acceptors (Lipinski definition) is 8. The van der Waals surface area contributed by atoms with Crippen LogP contribution in [0.2, 0.25) is 0 Å². The van der Waals surface area contributed by atoms with Gasteiger partial charge in [-0.05, 0) is 52.5 Å². The first-order chi connectivity index (χ1) is 16.2. The maximum absolute atomic E-state index is 12.5. The van der Waals surface area contributed by atoms with E-state index in [4.69, 9.17) is 4.74 Å². The van der Waals surface area contributed by atoms with E-state index in [2.05, 4.69) is 30.8 Å². The van der Waals surface area contributed by atoms with Gasteiger partial charge in [0.1, 0.15) is 11.9 Å². The van der Waals surface area contributed by atoms with Gasteiger partial charge in [0.25, 0.3) is 5.79 Å². The Morgan fingerprint density at radius 1 is 1.26 bits per heavy atom. The Labute approximate surface area is 200 Å². The van der Waals surface area contributed by atoms with E-state index in [1.165, 1.54) is 6.34 Å². The highest BCUT2D eigenvalue weighted by Crippen LogP contribution is 2.33. The van der Waals surface area contributed by atoms with Crippen LogP contribution in [0, 0.1) is 12.8 Å². The molecule has 1 aromatic carbocycles. The highest BCUT2D eigenvalue weighted by atomic mass is 16.6. The molecule has 34 heavy (non-hydrogen) atoms. The Morgan fingerprint density at radius 2 is 2.06 bits per heavy atom. The molecule has 1 aromatic heterocycles. The fraction of sp³-hybridized carbons (Fsp3) is 0.480. The topological polar surface area (TPSA) is 104 Å². The number of benzene rings is 1. The first kappa shape index (κ1) is 23.7. The van der Waals surface area contributed by atoms with Gasteiger partial charge < -0.3 is 20.3 Å². The van der Waals surface area contributed by atoms with E-state index in [0.29, 0.717) is 12.5 Å². The molecule has 1 unspecified atom stereocenters. The van der Waals surface area contributed by atoms with Gasteiger partial charge in [-0.15, -0.1) is 10.2 Å². The van der Waals surface area contributed by atoms with E-state index in [1.54, 1.807) is 0 Å². The van der Waals surface area contributed by atoms with Crippen LogP contribution in [-0.2, 0) is 10.5 Å². The molecule has 9 nitrogen and oxygen atoms in total.